The van der Waals surface area contributed by atoms with E-state index >= 15 is 0 Å². The molecule has 0 aromatic heterocycles. The fraction of sp³-hybridized carbons (Fsp3) is 0.474. The predicted octanol–water partition coefficient (Wildman–Crippen LogP) is 3.21. The van der Waals surface area contributed by atoms with Gasteiger partial charge >= 0.3 is 0 Å². The number of ether oxygens (including phenoxy) is 1. The average Bonchev–Trinajstić information content (AvgIpc) is 2.61. The monoisotopic (exact) mass is 344 g/mol. The van der Waals surface area contributed by atoms with Crippen molar-refractivity contribution in [2.45, 2.75) is 38.2 Å². The molecule has 0 spiro atoms. The molecule has 0 radical (unpaired) electrons. The summed E-state index contributed by atoms with van der Waals surface area (Å²) in [6.07, 6.45) is 4.77. The number of nitrogens with zero attached hydrogens (tertiary/aromatic N) is 2. The molecule has 6 heteroatoms. The van der Waals surface area contributed by atoms with Gasteiger partial charge in [0.05, 0.1) is 24.3 Å². The lowest BCUT2D eigenvalue weighted by molar-refractivity contribution is -0.423. The Labute approximate surface area is 147 Å². The number of allylic oxidation sites excluding steroid dienone is 3. The molecule has 1 heterocycles. The zero-order valence-electron chi connectivity index (χ0n) is 14.7. The van der Waals surface area contributed by atoms with Crippen molar-refractivity contribution in [3.8, 4) is 5.75 Å². The number of β-amino-alcohol motifs (C(OH)–C–C–N with tert-alkyl or cyclic N) is 1. The van der Waals surface area contributed by atoms with Gasteiger partial charge in [0, 0.05) is 12.1 Å². The van der Waals surface area contributed by atoms with Crippen molar-refractivity contribution in [1.82, 2.24) is 4.90 Å². The summed E-state index contributed by atoms with van der Waals surface area (Å²) in [6.45, 7) is 2.88. The molecule has 1 fully saturated rings. The Hall–Kier alpha value is -2.34. The van der Waals surface area contributed by atoms with Gasteiger partial charge in [0.25, 0.3) is 5.70 Å². The van der Waals surface area contributed by atoms with E-state index in [1.54, 1.807) is 14.0 Å². The molecular formula is C19H24N2O4. The van der Waals surface area contributed by atoms with Gasteiger partial charge in [0.2, 0.25) is 0 Å². The standard InChI is InChI=1S/C19H24N2O4/c1-14-6-3-9-17(18(14)21(23)24)20-11-5-10-19(22,13-20)15-7-4-8-16(12-15)25-2/h4,6-8,12,22H,3,5,9-11,13H2,1-2H3. The second-order valence-corrected chi connectivity index (χ2v) is 6.77. The van der Waals surface area contributed by atoms with Crippen LogP contribution in [0.15, 0.2) is 47.3 Å². The number of likely N-dealkylation sites (tertiary alicyclic amines) is 1. The predicted molar refractivity (Wildman–Crippen MR) is 94.7 cm³/mol. The van der Waals surface area contributed by atoms with Crippen molar-refractivity contribution in [1.29, 1.82) is 0 Å². The second-order valence-electron chi connectivity index (χ2n) is 6.77. The van der Waals surface area contributed by atoms with Gasteiger partial charge in [-0.3, -0.25) is 10.1 Å². The SMILES string of the molecule is COc1cccc(C2(O)CCCN(C3=C([N+](=O)[O-])C(C)=CCC3)C2)c1. The summed E-state index contributed by atoms with van der Waals surface area (Å²) in [7, 11) is 1.60. The van der Waals surface area contributed by atoms with Crippen LogP contribution < -0.4 is 4.74 Å². The smallest absolute Gasteiger partial charge is 0.290 e. The van der Waals surface area contributed by atoms with E-state index in [0.29, 0.717) is 30.7 Å². The number of hydrogen-bond acceptors (Lipinski definition) is 5. The second kappa shape index (κ2) is 6.88. The van der Waals surface area contributed by atoms with Crippen LogP contribution in [0.2, 0.25) is 0 Å². The number of piperidine rings is 1. The molecule has 6 nitrogen and oxygen atoms in total. The minimum atomic E-state index is -1.03. The molecule has 2 aliphatic rings. The Morgan fingerprint density at radius 3 is 2.92 bits per heavy atom. The summed E-state index contributed by atoms with van der Waals surface area (Å²) in [5.74, 6) is 0.699. The third-order valence-electron chi connectivity index (χ3n) is 5.12. The number of aliphatic hydroxyl groups is 1. The summed E-state index contributed by atoms with van der Waals surface area (Å²) >= 11 is 0. The van der Waals surface area contributed by atoms with E-state index in [-0.39, 0.29) is 10.6 Å². The highest BCUT2D eigenvalue weighted by Gasteiger charge is 2.38. The maximum absolute atomic E-state index is 11.5. The number of nitro groups is 1. The van der Waals surface area contributed by atoms with Gasteiger partial charge in [0.1, 0.15) is 11.4 Å². The summed E-state index contributed by atoms with van der Waals surface area (Å²) in [5.41, 5.74) is 1.41. The average molecular weight is 344 g/mol. The highest BCUT2D eigenvalue weighted by Crippen LogP contribution is 2.37. The van der Waals surface area contributed by atoms with E-state index in [4.69, 9.17) is 4.74 Å². The van der Waals surface area contributed by atoms with Crippen LogP contribution in [0.5, 0.6) is 5.75 Å². The number of benzene rings is 1. The molecule has 25 heavy (non-hydrogen) atoms. The van der Waals surface area contributed by atoms with Gasteiger partial charge in [0.15, 0.2) is 0 Å². The first-order valence-corrected chi connectivity index (χ1v) is 8.61. The Balaban J connectivity index is 1.93. The summed E-state index contributed by atoms with van der Waals surface area (Å²) < 4.78 is 5.27. The molecule has 134 valence electrons. The fourth-order valence-electron chi connectivity index (χ4n) is 3.84. The lowest BCUT2D eigenvalue weighted by atomic mass is 9.84. The minimum absolute atomic E-state index is 0.196. The summed E-state index contributed by atoms with van der Waals surface area (Å²) in [5, 5.41) is 22.8. The van der Waals surface area contributed by atoms with E-state index in [9.17, 15) is 15.2 Å². The molecule has 0 saturated carbocycles. The largest absolute Gasteiger partial charge is 0.497 e. The number of rotatable bonds is 4. The summed E-state index contributed by atoms with van der Waals surface area (Å²) in [6, 6.07) is 7.44. The van der Waals surface area contributed by atoms with E-state index < -0.39 is 5.60 Å². The van der Waals surface area contributed by atoms with Crippen LogP contribution in [-0.2, 0) is 5.60 Å². The topological polar surface area (TPSA) is 75.8 Å². The number of methoxy groups -OCH3 is 1. The zero-order chi connectivity index (χ0) is 18.0. The molecule has 1 aliphatic heterocycles. The van der Waals surface area contributed by atoms with Crippen LogP contribution in [0.1, 0.15) is 38.2 Å². The van der Waals surface area contributed by atoms with Gasteiger partial charge < -0.3 is 14.7 Å². The van der Waals surface area contributed by atoms with E-state index in [1.165, 1.54) is 0 Å². The molecular weight excluding hydrogens is 320 g/mol. The van der Waals surface area contributed by atoms with Crippen molar-refractivity contribution in [2.75, 3.05) is 20.2 Å². The molecule has 0 bridgehead atoms. The Bertz CT molecular complexity index is 741. The van der Waals surface area contributed by atoms with Crippen LogP contribution in [0.25, 0.3) is 0 Å². The van der Waals surface area contributed by atoms with Crippen molar-refractivity contribution < 1.29 is 14.8 Å². The Morgan fingerprint density at radius 1 is 1.40 bits per heavy atom. The molecule has 1 aromatic rings. The lowest BCUT2D eigenvalue weighted by Crippen LogP contribution is -2.46. The van der Waals surface area contributed by atoms with Gasteiger partial charge in [-0.05, 0) is 50.3 Å². The van der Waals surface area contributed by atoms with Crippen LogP contribution in [0.4, 0.5) is 0 Å². The normalized spacial score (nSPS) is 24.1. The third-order valence-corrected chi connectivity index (χ3v) is 5.12. The maximum Gasteiger partial charge on any atom is 0.290 e. The lowest BCUT2D eigenvalue weighted by Gasteiger charge is -2.42. The molecule has 1 saturated heterocycles. The van der Waals surface area contributed by atoms with Crippen molar-refractivity contribution in [3.63, 3.8) is 0 Å². The third kappa shape index (κ3) is 3.39. The highest BCUT2D eigenvalue weighted by atomic mass is 16.6. The van der Waals surface area contributed by atoms with Crippen molar-refractivity contribution in [3.05, 3.63) is 63.0 Å². The quantitative estimate of drug-likeness (QED) is 0.670. The van der Waals surface area contributed by atoms with Gasteiger partial charge in [-0.15, -0.1) is 0 Å². The van der Waals surface area contributed by atoms with Crippen molar-refractivity contribution >= 4 is 0 Å². The molecule has 1 unspecified atom stereocenters. The number of hydrogen-bond donors (Lipinski definition) is 1. The van der Waals surface area contributed by atoms with Gasteiger partial charge in [-0.25, -0.2) is 0 Å². The molecule has 3 rings (SSSR count). The van der Waals surface area contributed by atoms with Crippen molar-refractivity contribution in [2.24, 2.45) is 0 Å². The van der Waals surface area contributed by atoms with E-state index in [0.717, 1.165) is 30.6 Å². The van der Waals surface area contributed by atoms with Crippen LogP contribution >= 0.6 is 0 Å². The van der Waals surface area contributed by atoms with Crippen LogP contribution in [-0.4, -0.2) is 35.1 Å². The Morgan fingerprint density at radius 2 is 2.20 bits per heavy atom. The summed E-state index contributed by atoms with van der Waals surface area (Å²) in [4.78, 5) is 13.2. The van der Waals surface area contributed by atoms with Crippen LogP contribution in [0, 0.1) is 10.1 Å². The van der Waals surface area contributed by atoms with E-state index in [1.807, 2.05) is 35.2 Å². The first kappa shape index (κ1) is 17.5. The molecule has 1 atom stereocenters. The zero-order valence-corrected chi connectivity index (χ0v) is 14.7. The minimum Gasteiger partial charge on any atom is -0.497 e. The molecule has 0 amide bonds. The van der Waals surface area contributed by atoms with Gasteiger partial charge in [-0.2, -0.15) is 0 Å². The first-order valence-electron chi connectivity index (χ1n) is 8.61. The fourth-order valence-corrected chi connectivity index (χ4v) is 3.84. The molecule has 1 aromatic carbocycles. The van der Waals surface area contributed by atoms with Crippen LogP contribution in [0.3, 0.4) is 0 Å². The van der Waals surface area contributed by atoms with Gasteiger partial charge in [-0.1, -0.05) is 18.2 Å². The first-order chi connectivity index (χ1) is 11.9. The highest BCUT2D eigenvalue weighted by molar-refractivity contribution is 5.35. The molecule has 1 aliphatic carbocycles. The maximum atomic E-state index is 11.5. The molecule has 1 N–H and O–H groups in total. The van der Waals surface area contributed by atoms with E-state index in [2.05, 4.69) is 0 Å². The Kier molecular flexibility index (Phi) is 4.81.